The third-order valence-electron chi connectivity index (χ3n) is 5.33. The zero-order chi connectivity index (χ0) is 23.1. The van der Waals surface area contributed by atoms with Crippen LogP contribution in [0.25, 0.3) is 27.5 Å². The fraction of sp³-hybridized carbons (Fsp3) is 0.0833. The molecule has 2 aromatic carbocycles. The van der Waals surface area contributed by atoms with Gasteiger partial charge in [0.25, 0.3) is 5.56 Å². The third kappa shape index (κ3) is 3.90. The summed E-state index contributed by atoms with van der Waals surface area (Å²) in [5.74, 6) is 0.0360. The lowest BCUT2D eigenvalue weighted by Crippen LogP contribution is -2.26. The van der Waals surface area contributed by atoms with Crippen LogP contribution in [0.4, 0.5) is 10.2 Å². The zero-order valence-corrected chi connectivity index (χ0v) is 18.8. The van der Waals surface area contributed by atoms with Crippen LogP contribution in [-0.4, -0.2) is 19.5 Å². The van der Waals surface area contributed by atoms with Gasteiger partial charge in [-0.2, -0.15) is 4.98 Å². The van der Waals surface area contributed by atoms with E-state index in [-0.39, 0.29) is 10.8 Å². The molecular weight excluding hydrogens is 464 g/mol. The van der Waals surface area contributed by atoms with Crippen molar-refractivity contribution in [1.29, 1.82) is 0 Å². The molecule has 0 bridgehead atoms. The van der Waals surface area contributed by atoms with Crippen LogP contribution in [0.1, 0.15) is 18.7 Å². The van der Waals surface area contributed by atoms with Crippen LogP contribution in [-0.2, 0) is 0 Å². The Morgan fingerprint density at radius 3 is 2.61 bits per heavy atom. The lowest BCUT2D eigenvalue weighted by atomic mass is 10.1. The highest BCUT2D eigenvalue weighted by Gasteiger charge is 2.19. The first-order valence-electron chi connectivity index (χ1n) is 10.1. The Hall–Kier alpha value is -3.55. The van der Waals surface area contributed by atoms with Crippen molar-refractivity contribution >= 4 is 50.8 Å². The first kappa shape index (κ1) is 21.3. The van der Waals surface area contributed by atoms with Gasteiger partial charge in [0.1, 0.15) is 11.3 Å². The van der Waals surface area contributed by atoms with Crippen molar-refractivity contribution in [2.45, 2.75) is 13.0 Å². The molecule has 3 heterocycles. The van der Waals surface area contributed by atoms with Crippen LogP contribution in [0.5, 0.6) is 0 Å². The molecule has 5 rings (SSSR count). The molecule has 0 aliphatic carbocycles. The van der Waals surface area contributed by atoms with Gasteiger partial charge in [-0.05, 0) is 72.4 Å². The minimum atomic E-state index is -0.415. The van der Waals surface area contributed by atoms with Crippen molar-refractivity contribution in [1.82, 2.24) is 19.5 Å². The smallest absolute Gasteiger partial charge is 0.264 e. The van der Waals surface area contributed by atoms with Crippen LogP contribution < -0.4 is 10.9 Å². The number of rotatable bonds is 4. The van der Waals surface area contributed by atoms with E-state index in [9.17, 15) is 9.18 Å². The van der Waals surface area contributed by atoms with Crippen molar-refractivity contribution in [2.24, 2.45) is 0 Å². The van der Waals surface area contributed by atoms with Crippen LogP contribution in [0.15, 0.2) is 71.7 Å². The van der Waals surface area contributed by atoms with Crippen LogP contribution >= 0.6 is 23.2 Å². The maximum Gasteiger partial charge on any atom is 0.264 e. The van der Waals surface area contributed by atoms with Gasteiger partial charge in [-0.3, -0.25) is 14.3 Å². The quantitative estimate of drug-likeness (QED) is 0.322. The number of fused-ring (bicyclic) bond motifs is 2. The second kappa shape index (κ2) is 8.42. The summed E-state index contributed by atoms with van der Waals surface area (Å²) in [6, 6.07) is 16.0. The number of aromatic nitrogens is 4. The maximum absolute atomic E-state index is 13.6. The Kier molecular flexibility index (Phi) is 5.44. The van der Waals surface area contributed by atoms with E-state index in [0.717, 1.165) is 0 Å². The first-order valence-corrected chi connectivity index (χ1v) is 10.8. The highest BCUT2D eigenvalue weighted by Crippen LogP contribution is 2.29. The molecule has 0 unspecified atom stereocenters. The summed E-state index contributed by atoms with van der Waals surface area (Å²) in [7, 11) is 0. The van der Waals surface area contributed by atoms with Crippen molar-refractivity contribution in [3.05, 3.63) is 99.0 Å². The van der Waals surface area contributed by atoms with Gasteiger partial charge in [0.05, 0.1) is 22.0 Å². The topological polar surface area (TPSA) is 72.7 Å². The average Bonchev–Trinajstić information content (AvgIpc) is 2.79. The number of nitrogens with zero attached hydrogens (tertiary/aromatic N) is 4. The molecule has 6 nitrogen and oxygen atoms in total. The molecule has 9 heteroatoms. The summed E-state index contributed by atoms with van der Waals surface area (Å²) >= 11 is 12.5. The maximum atomic E-state index is 13.6. The Labute approximate surface area is 197 Å². The SMILES string of the molecule is C[C@H](Nc1nc(Cl)nc2cccnc12)c1cc2cccc(Cl)c2c(=O)n1-c1ccc(F)cc1. The van der Waals surface area contributed by atoms with Gasteiger partial charge < -0.3 is 5.32 Å². The summed E-state index contributed by atoms with van der Waals surface area (Å²) in [5, 5.41) is 4.80. The molecular formula is C24H16Cl2FN5O. The van der Waals surface area contributed by atoms with E-state index in [1.54, 1.807) is 42.6 Å². The second-order valence-electron chi connectivity index (χ2n) is 7.47. The molecule has 0 aliphatic heterocycles. The van der Waals surface area contributed by atoms with E-state index in [1.807, 2.05) is 19.1 Å². The fourth-order valence-corrected chi connectivity index (χ4v) is 4.27. The number of nitrogens with one attached hydrogen (secondary N) is 1. The van der Waals surface area contributed by atoms with Gasteiger partial charge in [-0.1, -0.05) is 23.7 Å². The van der Waals surface area contributed by atoms with Crippen LogP contribution in [0.2, 0.25) is 10.3 Å². The molecule has 0 fully saturated rings. The molecule has 3 aromatic heterocycles. The molecule has 0 aliphatic rings. The average molecular weight is 480 g/mol. The first-order chi connectivity index (χ1) is 15.9. The predicted molar refractivity (Wildman–Crippen MR) is 129 cm³/mol. The molecule has 0 saturated carbocycles. The van der Waals surface area contributed by atoms with Crippen molar-refractivity contribution < 1.29 is 4.39 Å². The summed E-state index contributed by atoms with van der Waals surface area (Å²) in [5.41, 5.74) is 1.97. The normalized spacial score (nSPS) is 12.2. The van der Waals surface area contributed by atoms with Crippen molar-refractivity contribution in [3.63, 3.8) is 0 Å². The van der Waals surface area contributed by atoms with E-state index in [1.165, 1.54) is 16.7 Å². The summed E-state index contributed by atoms with van der Waals surface area (Å²) in [6.45, 7) is 1.88. The number of pyridine rings is 2. The molecule has 5 aromatic rings. The predicted octanol–water partition coefficient (Wildman–Crippen LogP) is 5.95. The molecule has 1 N–H and O–H groups in total. The van der Waals surface area contributed by atoms with E-state index >= 15 is 0 Å². The second-order valence-corrected chi connectivity index (χ2v) is 8.21. The number of benzene rings is 2. The summed E-state index contributed by atoms with van der Waals surface area (Å²) < 4.78 is 15.1. The molecule has 1 atom stereocenters. The minimum absolute atomic E-state index is 0.0754. The summed E-state index contributed by atoms with van der Waals surface area (Å²) in [4.78, 5) is 26.4. The van der Waals surface area contributed by atoms with Gasteiger partial charge in [0.2, 0.25) is 5.28 Å². The number of halogens is 3. The summed E-state index contributed by atoms with van der Waals surface area (Å²) in [6.07, 6.45) is 1.64. The Bertz CT molecular complexity index is 1570. The highest BCUT2D eigenvalue weighted by molar-refractivity contribution is 6.35. The number of hydrogen-bond donors (Lipinski definition) is 1. The molecule has 0 amide bonds. The van der Waals surface area contributed by atoms with Gasteiger partial charge in [-0.15, -0.1) is 0 Å². The van der Waals surface area contributed by atoms with Crippen LogP contribution in [0, 0.1) is 5.82 Å². The number of hydrogen-bond acceptors (Lipinski definition) is 5. The zero-order valence-electron chi connectivity index (χ0n) is 17.3. The fourth-order valence-electron chi connectivity index (χ4n) is 3.83. The highest BCUT2D eigenvalue weighted by atomic mass is 35.5. The largest absolute Gasteiger partial charge is 0.360 e. The van der Waals surface area contributed by atoms with Gasteiger partial charge in [0, 0.05) is 17.6 Å². The third-order valence-corrected chi connectivity index (χ3v) is 5.82. The number of anilines is 1. The van der Waals surface area contributed by atoms with Crippen molar-refractivity contribution in [3.8, 4) is 5.69 Å². The molecule has 0 radical (unpaired) electrons. The van der Waals surface area contributed by atoms with E-state index in [0.29, 0.717) is 44.0 Å². The van der Waals surface area contributed by atoms with E-state index < -0.39 is 11.9 Å². The molecule has 33 heavy (non-hydrogen) atoms. The van der Waals surface area contributed by atoms with E-state index in [4.69, 9.17) is 23.2 Å². The van der Waals surface area contributed by atoms with E-state index in [2.05, 4.69) is 20.3 Å². The monoisotopic (exact) mass is 479 g/mol. The van der Waals surface area contributed by atoms with Crippen molar-refractivity contribution in [2.75, 3.05) is 5.32 Å². The molecule has 0 spiro atoms. The Morgan fingerprint density at radius 1 is 1.03 bits per heavy atom. The lowest BCUT2D eigenvalue weighted by Gasteiger charge is -2.22. The standard InChI is InChI=1S/C24H16Cl2FN5O/c1-13(29-22-21-18(6-3-11-28-21)30-24(26)31-22)19-12-14-4-2-5-17(25)20(14)23(33)32(19)16-9-7-15(27)8-10-16/h2-13H,1H3,(H,29,30,31)/t13-/m0/s1. The lowest BCUT2D eigenvalue weighted by molar-refractivity contribution is 0.627. The molecule has 0 saturated heterocycles. The Morgan fingerprint density at radius 2 is 1.82 bits per heavy atom. The minimum Gasteiger partial charge on any atom is -0.360 e. The Balaban J connectivity index is 1.71. The van der Waals surface area contributed by atoms with Gasteiger partial charge in [-0.25, -0.2) is 9.37 Å². The van der Waals surface area contributed by atoms with Gasteiger partial charge >= 0.3 is 0 Å². The molecule has 164 valence electrons. The van der Waals surface area contributed by atoms with Gasteiger partial charge in [0.15, 0.2) is 5.82 Å². The van der Waals surface area contributed by atoms with Crippen LogP contribution in [0.3, 0.4) is 0 Å².